The molecule has 3 saturated carbocycles. The number of hydrogen-bond acceptors (Lipinski definition) is 6. The molecule has 55 heavy (non-hydrogen) atoms. The summed E-state index contributed by atoms with van der Waals surface area (Å²) in [6.07, 6.45) is 19.6. The Balaban J connectivity index is 0.968. The van der Waals surface area contributed by atoms with Crippen LogP contribution in [0.2, 0.25) is 0 Å². The third-order valence-electron chi connectivity index (χ3n) is 14.5. The molecule has 0 saturated heterocycles. The second kappa shape index (κ2) is 19.8. The smallest absolute Gasteiger partial charge is 0.407 e. The molecule has 0 radical (unpaired) electrons. The number of nitrogens with one attached hydrogen (secondary N) is 1. The monoisotopic (exact) mass is 761 g/mol. The van der Waals surface area contributed by atoms with Crippen LogP contribution in [0.25, 0.3) is 0 Å². The van der Waals surface area contributed by atoms with Gasteiger partial charge < -0.3 is 19.9 Å². The minimum atomic E-state index is -0.827. The Morgan fingerprint density at radius 2 is 1.69 bits per heavy atom. The topological polar surface area (TPSA) is 114 Å². The van der Waals surface area contributed by atoms with Crippen molar-refractivity contribution in [1.82, 2.24) is 5.32 Å². The number of alkyl carbamates (subject to hydrolysis) is 1. The van der Waals surface area contributed by atoms with E-state index < -0.39 is 5.97 Å². The molecule has 3 unspecified atom stereocenters. The Kier molecular flexibility index (Phi) is 15.5. The summed E-state index contributed by atoms with van der Waals surface area (Å²) in [6.45, 7) is 15.4. The van der Waals surface area contributed by atoms with Gasteiger partial charge in [0.15, 0.2) is 5.78 Å². The van der Waals surface area contributed by atoms with Crippen LogP contribution in [0.15, 0.2) is 40.9 Å². The van der Waals surface area contributed by atoms with E-state index in [1.54, 1.807) is 5.57 Å². The first-order valence-electron chi connectivity index (χ1n) is 21.9. The Labute approximate surface area is 332 Å². The maximum Gasteiger partial charge on any atom is 0.407 e. The molecule has 0 spiro atoms. The van der Waals surface area contributed by atoms with Crippen molar-refractivity contribution >= 4 is 23.6 Å². The molecule has 3 fully saturated rings. The lowest BCUT2D eigenvalue weighted by Crippen LogP contribution is -2.51. The van der Waals surface area contributed by atoms with Gasteiger partial charge in [-0.05, 0) is 147 Å². The Hall–Kier alpha value is -3.16. The molecule has 8 nitrogen and oxygen atoms in total. The van der Waals surface area contributed by atoms with Gasteiger partial charge in [0.1, 0.15) is 11.9 Å². The highest BCUT2D eigenvalue weighted by Crippen LogP contribution is 2.67. The van der Waals surface area contributed by atoms with Crippen molar-refractivity contribution in [2.45, 2.75) is 157 Å². The predicted molar refractivity (Wildman–Crippen MR) is 221 cm³/mol. The van der Waals surface area contributed by atoms with Gasteiger partial charge in [0.25, 0.3) is 0 Å². The van der Waals surface area contributed by atoms with Crippen LogP contribution in [0.3, 0.4) is 0 Å². The number of aliphatic imine (C=N–C) groups is 1. The summed E-state index contributed by atoms with van der Waals surface area (Å²) in [7, 11) is 0. The number of allylic oxidation sites excluding steroid dienone is 1. The minimum Gasteiger partial charge on any atom is -0.494 e. The number of Topliss-reactive ketones (excluding diaryl/α,β-unsaturated/α-hetero) is 1. The van der Waals surface area contributed by atoms with Gasteiger partial charge in [-0.25, -0.2) is 4.79 Å². The molecule has 0 aromatic heterocycles. The fourth-order valence-corrected chi connectivity index (χ4v) is 11.3. The number of carbonyl (C=O) groups excluding carboxylic acids is 2. The quantitative estimate of drug-likeness (QED) is 0.0777. The van der Waals surface area contributed by atoms with E-state index in [2.05, 4.69) is 51.0 Å². The summed E-state index contributed by atoms with van der Waals surface area (Å²) >= 11 is 0. The van der Waals surface area contributed by atoms with E-state index in [-0.39, 0.29) is 36.4 Å². The molecule has 0 aliphatic heterocycles. The fraction of sp³-hybridized carbons (Fsp3) is 0.745. The second-order valence-corrected chi connectivity index (χ2v) is 18.6. The van der Waals surface area contributed by atoms with Crippen LogP contribution < -0.4 is 10.1 Å². The maximum atomic E-state index is 12.8. The van der Waals surface area contributed by atoms with Gasteiger partial charge in [-0.3, -0.25) is 14.6 Å². The first-order chi connectivity index (χ1) is 26.3. The normalized spacial score (nSPS) is 29.4. The molecule has 0 heterocycles. The highest BCUT2D eigenvalue weighted by molar-refractivity contribution is 6.00. The second-order valence-electron chi connectivity index (χ2n) is 18.6. The van der Waals surface area contributed by atoms with Gasteiger partial charge in [-0.1, -0.05) is 72.0 Å². The van der Waals surface area contributed by atoms with E-state index in [1.807, 2.05) is 31.2 Å². The maximum absolute atomic E-state index is 12.8. The van der Waals surface area contributed by atoms with Crippen LogP contribution >= 0.6 is 0 Å². The van der Waals surface area contributed by atoms with Gasteiger partial charge in [-0.2, -0.15) is 0 Å². The van der Waals surface area contributed by atoms with E-state index in [1.165, 1.54) is 51.4 Å². The highest BCUT2D eigenvalue weighted by atomic mass is 16.6. The zero-order chi connectivity index (χ0) is 39.6. The van der Waals surface area contributed by atoms with Crippen molar-refractivity contribution in [2.24, 2.45) is 51.3 Å². The number of aliphatic carboxylic acids is 1. The zero-order valence-corrected chi connectivity index (χ0v) is 35.0. The molecular formula is C47H72N2O6. The molecule has 1 amide bonds. The Bertz CT molecular complexity index is 1500. The van der Waals surface area contributed by atoms with Crippen molar-refractivity contribution in [3.8, 4) is 5.75 Å². The van der Waals surface area contributed by atoms with Crippen molar-refractivity contribution < 1.29 is 29.0 Å². The average Bonchev–Trinajstić information content (AvgIpc) is 3.51. The first kappa shape index (κ1) is 43.0. The van der Waals surface area contributed by atoms with E-state index in [9.17, 15) is 14.4 Å². The molecule has 4 aliphatic rings. The molecule has 8 heteroatoms. The fourth-order valence-electron chi connectivity index (χ4n) is 11.3. The third kappa shape index (κ3) is 11.2. The number of carboxylic acids is 1. The number of ketones is 1. The number of carbonyl (C=O) groups is 3. The summed E-state index contributed by atoms with van der Waals surface area (Å²) < 4.78 is 11.6. The first-order valence-corrected chi connectivity index (χ1v) is 21.9. The van der Waals surface area contributed by atoms with E-state index in [0.717, 1.165) is 85.3 Å². The molecule has 306 valence electrons. The van der Waals surface area contributed by atoms with Crippen LogP contribution in [0.4, 0.5) is 4.79 Å². The number of nitrogens with zero attached hydrogens (tertiary/aromatic N) is 1. The standard InChI is InChI=1S/C47H72N2O6/c1-32(2)12-10-13-33(3)41-22-23-42-40-21-18-36-30-39(24-26-46(36,5)43(40)25-27-47(41,42)6)55-45(53)48-28-9-7-8-14-37(50)31-49-34(4)35-16-19-38(20-17-35)54-29-11-15-44(51)52/h16-20,32-33,39-43H,7-15,21-31H2,1-6H3,(H,48,53)(H,51,52)/t33-,39+,40?,41-,42?,43?,46+,47-/m1/s1. The molecule has 5 rings (SSSR count). The number of ether oxygens (including phenoxy) is 2. The van der Waals surface area contributed by atoms with Gasteiger partial charge in [0.05, 0.1) is 13.2 Å². The molecule has 0 bridgehead atoms. The SMILES string of the molecule is CC(=NCC(=O)CCCCCNC(=O)O[C@H]1CC[C@@]2(C)C(=CCC3C2CC[C@@]2(C)C3CC[C@@H]2[C@H](C)CCCC(C)C)C1)c1ccc(OCCCC(=O)O)cc1. The summed E-state index contributed by atoms with van der Waals surface area (Å²) in [5.74, 6) is 4.92. The Morgan fingerprint density at radius 3 is 2.44 bits per heavy atom. The van der Waals surface area contributed by atoms with Crippen molar-refractivity contribution in [1.29, 1.82) is 0 Å². The molecule has 1 aromatic carbocycles. The third-order valence-corrected chi connectivity index (χ3v) is 14.5. The van der Waals surface area contributed by atoms with E-state index >= 15 is 0 Å². The highest BCUT2D eigenvalue weighted by Gasteiger charge is 2.59. The number of unbranched alkanes of at least 4 members (excludes halogenated alkanes) is 2. The van der Waals surface area contributed by atoms with E-state index in [0.29, 0.717) is 37.2 Å². The lowest BCUT2D eigenvalue weighted by Gasteiger charge is -2.58. The lowest BCUT2D eigenvalue weighted by molar-refractivity contribution is -0.137. The molecule has 8 atom stereocenters. The molecule has 4 aliphatic carbocycles. The molecular weight excluding hydrogens is 689 g/mol. The summed E-state index contributed by atoms with van der Waals surface area (Å²) in [6, 6.07) is 7.45. The van der Waals surface area contributed by atoms with Gasteiger partial charge >= 0.3 is 12.1 Å². The van der Waals surface area contributed by atoms with Gasteiger partial charge in [-0.15, -0.1) is 0 Å². The van der Waals surface area contributed by atoms with Crippen molar-refractivity contribution in [3.63, 3.8) is 0 Å². The minimum absolute atomic E-state index is 0.0457. The summed E-state index contributed by atoms with van der Waals surface area (Å²) in [5, 5.41) is 11.7. The Morgan fingerprint density at radius 1 is 0.909 bits per heavy atom. The lowest BCUT2D eigenvalue weighted by atomic mass is 9.47. The predicted octanol–water partition coefficient (Wildman–Crippen LogP) is 11.0. The van der Waals surface area contributed by atoms with Crippen molar-refractivity contribution in [2.75, 3.05) is 19.7 Å². The van der Waals surface area contributed by atoms with Crippen LogP contribution in [-0.2, 0) is 14.3 Å². The van der Waals surface area contributed by atoms with E-state index in [4.69, 9.17) is 14.6 Å². The molecule has 2 N–H and O–H groups in total. The van der Waals surface area contributed by atoms with Crippen LogP contribution in [0, 0.1) is 46.3 Å². The van der Waals surface area contributed by atoms with Crippen LogP contribution in [0.5, 0.6) is 5.75 Å². The van der Waals surface area contributed by atoms with Crippen molar-refractivity contribution in [3.05, 3.63) is 41.5 Å². The average molecular weight is 761 g/mol. The number of hydrogen-bond donors (Lipinski definition) is 2. The molecule has 1 aromatic rings. The van der Waals surface area contributed by atoms with Gasteiger partial charge in [0, 0.05) is 31.5 Å². The van der Waals surface area contributed by atoms with Crippen LogP contribution in [0.1, 0.15) is 156 Å². The zero-order valence-electron chi connectivity index (χ0n) is 35.0. The number of amides is 1. The number of carboxylic acid groups (broad SMARTS) is 1. The number of fused-ring (bicyclic) bond motifs is 5. The van der Waals surface area contributed by atoms with Gasteiger partial charge in [0.2, 0.25) is 0 Å². The summed E-state index contributed by atoms with van der Waals surface area (Å²) in [5.41, 5.74) is 4.01. The summed E-state index contributed by atoms with van der Waals surface area (Å²) in [4.78, 5) is 40.4. The number of rotatable bonds is 20. The van der Waals surface area contributed by atoms with Crippen LogP contribution in [-0.4, -0.2) is 54.5 Å². The largest absolute Gasteiger partial charge is 0.494 e. The number of benzene rings is 1.